The van der Waals surface area contributed by atoms with Crippen LogP contribution in [0, 0.1) is 0 Å². The molecule has 19 heavy (non-hydrogen) atoms. The molecule has 2 aromatic rings. The predicted octanol–water partition coefficient (Wildman–Crippen LogP) is 5.00. The van der Waals surface area contributed by atoms with Crippen LogP contribution >= 0.6 is 23.2 Å². The number of benzene rings is 1. The zero-order valence-electron chi connectivity index (χ0n) is 10.5. The van der Waals surface area contributed by atoms with E-state index < -0.39 is 0 Å². The standard InChI is InChI=1S/C14H14Cl2N2O/c1-2-8-17-13-11(15)9-12(16)14(18-13)19-10-6-4-3-5-7-10/h3-7,9H,2,8H2,1H3,(H,17,18). The molecule has 0 unspecified atom stereocenters. The fourth-order valence-electron chi connectivity index (χ4n) is 1.49. The Morgan fingerprint density at radius 2 is 1.89 bits per heavy atom. The van der Waals surface area contributed by atoms with Crippen molar-refractivity contribution in [2.24, 2.45) is 0 Å². The quantitative estimate of drug-likeness (QED) is 0.843. The molecule has 0 saturated carbocycles. The van der Waals surface area contributed by atoms with Crippen molar-refractivity contribution in [3.05, 3.63) is 46.4 Å². The summed E-state index contributed by atoms with van der Waals surface area (Å²) < 4.78 is 5.64. The lowest BCUT2D eigenvalue weighted by atomic mass is 10.3. The normalized spacial score (nSPS) is 10.3. The number of anilines is 1. The van der Waals surface area contributed by atoms with Crippen LogP contribution in [-0.2, 0) is 0 Å². The van der Waals surface area contributed by atoms with Crippen LogP contribution < -0.4 is 10.1 Å². The van der Waals surface area contributed by atoms with E-state index in [2.05, 4.69) is 17.2 Å². The lowest BCUT2D eigenvalue weighted by Gasteiger charge is -2.11. The summed E-state index contributed by atoms with van der Waals surface area (Å²) in [5.74, 6) is 1.61. The summed E-state index contributed by atoms with van der Waals surface area (Å²) in [6, 6.07) is 11.0. The van der Waals surface area contributed by atoms with Crippen LogP contribution in [0.15, 0.2) is 36.4 Å². The van der Waals surface area contributed by atoms with Crippen molar-refractivity contribution in [2.45, 2.75) is 13.3 Å². The van der Waals surface area contributed by atoms with Gasteiger partial charge in [0.05, 0.1) is 5.02 Å². The maximum absolute atomic E-state index is 6.09. The van der Waals surface area contributed by atoms with Crippen LogP contribution in [0.3, 0.4) is 0 Å². The monoisotopic (exact) mass is 296 g/mol. The van der Waals surface area contributed by atoms with Crippen LogP contribution in [-0.4, -0.2) is 11.5 Å². The summed E-state index contributed by atoms with van der Waals surface area (Å²) in [4.78, 5) is 4.31. The molecule has 0 fully saturated rings. The highest BCUT2D eigenvalue weighted by Gasteiger charge is 2.10. The van der Waals surface area contributed by atoms with Crippen LogP contribution in [0.5, 0.6) is 11.6 Å². The van der Waals surface area contributed by atoms with Gasteiger partial charge in [0, 0.05) is 6.54 Å². The number of hydrogen-bond acceptors (Lipinski definition) is 3. The van der Waals surface area contributed by atoms with E-state index in [0.717, 1.165) is 13.0 Å². The Morgan fingerprint density at radius 3 is 2.58 bits per heavy atom. The minimum atomic E-state index is 0.343. The number of ether oxygens (including phenoxy) is 1. The van der Waals surface area contributed by atoms with Crippen molar-refractivity contribution >= 4 is 29.0 Å². The molecule has 0 spiro atoms. The highest BCUT2D eigenvalue weighted by molar-refractivity contribution is 6.36. The van der Waals surface area contributed by atoms with E-state index in [4.69, 9.17) is 27.9 Å². The number of nitrogens with one attached hydrogen (secondary N) is 1. The van der Waals surface area contributed by atoms with Crippen LogP contribution in [0.4, 0.5) is 5.82 Å². The molecular formula is C14H14Cl2N2O. The van der Waals surface area contributed by atoms with Crippen molar-refractivity contribution in [1.82, 2.24) is 4.98 Å². The summed E-state index contributed by atoms with van der Waals surface area (Å²) in [7, 11) is 0. The van der Waals surface area contributed by atoms with Gasteiger partial charge in [-0.25, -0.2) is 0 Å². The fraction of sp³-hybridized carbons (Fsp3) is 0.214. The molecule has 0 aliphatic rings. The second-order valence-corrected chi connectivity index (χ2v) is 4.76. The highest BCUT2D eigenvalue weighted by Crippen LogP contribution is 2.33. The predicted molar refractivity (Wildman–Crippen MR) is 79.6 cm³/mol. The second-order valence-electron chi connectivity index (χ2n) is 3.95. The van der Waals surface area contributed by atoms with Gasteiger partial charge >= 0.3 is 0 Å². The summed E-state index contributed by atoms with van der Waals surface area (Å²) in [5.41, 5.74) is 0. The van der Waals surface area contributed by atoms with E-state index in [-0.39, 0.29) is 0 Å². The van der Waals surface area contributed by atoms with Crippen molar-refractivity contribution in [1.29, 1.82) is 0 Å². The van der Waals surface area contributed by atoms with E-state index in [0.29, 0.717) is 27.5 Å². The minimum Gasteiger partial charge on any atom is -0.437 e. The number of para-hydroxylation sites is 1. The average molecular weight is 297 g/mol. The SMILES string of the molecule is CCCNc1nc(Oc2ccccc2)c(Cl)cc1Cl. The van der Waals surface area contributed by atoms with Crippen LogP contribution in [0.1, 0.15) is 13.3 Å². The Bertz CT molecular complexity index is 547. The van der Waals surface area contributed by atoms with Gasteiger partial charge in [-0.15, -0.1) is 0 Å². The number of rotatable bonds is 5. The molecule has 0 saturated heterocycles. The van der Waals surface area contributed by atoms with E-state index in [1.807, 2.05) is 30.3 Å². The third kappa shape index (κ3) is 3.75. The number of hydrogen-bond donors (Lipinski definition) is 1. The molecule has 1 N–H and O–H groups in total. The molecule has 0 atom stereocenters. The summed E-state index contributed by atoms with van der Waals surface area (Å²) in [6.45, 7) is 2.86. The minimum absolute atomic E-state index is 0.343. The van der Waals surface area contributed by atoms with Gasteiger partial charge in [0.25, 0.3) is 0 Å². The number of halogens is 2. The Hall–Kier alpha value is -1.45. The molecule has 2 rings (SSSR count). The molecule has 3 nitrogen and oxygen atoms in total. The van der Waals surface area contributed by atoms with Gasteiger partial charge in [0.1, 0.15) is 16.6 Å². The molecule has 1 aromatic carbocycles. The Balaban J connectivity index is 2.24. The van der Waals surface area contributed by atoms with Gasteiger partial charge in [-0.05, 0) is 24.6 Å². The first-order valence-corrected chi connectivity index (χ1v) is 6.79. The number of pyridine rings is 1. The zero-order chi connectivity index (χ0) is 13.7. The lowest BCUT2D eigenvalue weighted by Crippen LogP contribution is -2.03. The van der Waals surface area contributed by atoms with E-state index >= 15 is 0 Å². The smallest absolute Gasteiger partial charge is 0.240 e. The van der Waals surface area contributed by atoms with Crippen molar-refractivity contribution in [2.75, 3.05) is 11.9 Å². The Kier molecular flexibility index (Phi) is 4.88. The molecule has 0 amide bonds. The Labute approximate surface area is 122 Å². The fourth-order valence-corrected chi connectivity index (χ4v) is 1.95. The maximum atomic E-state index is 6.09. The van der Waals surface area contributed by atoms with E-state index in [1.165, 1.54) is 0 Å². The number of aromatic nitrogens is 1. The molecule has 0 bridgehead atoms. The second kappa shape index (κ2) is 6.64. The largest absolute Gasteiger partial charge is 0.437 e. The first-order valence-electron chi connectivity index (χ1n) is 6.03. The van der Waals surface area contributed by atoms with Crippen LogP contribution in [0.25, 0.3) is 0 Å². The average Bonchev–Trinajstić information content (AvgIpc) is 2.42. The van der Waals surface area contributed by atoms with Crippen LogP contribution in [0.2, 0.25) is 10.0 Å². The number of nitrogens with zero attached hydrogens (tertiary/aromatic N) is 1. The van der Waals surface area contributed by atoms with Gasteiger partial charge in [-0.2, -0.15) is 4.98 Å². The van der Waals surface area contributed by atoms with Gasteiger partial charge < -0.3 is 10.1 Å². The molecule has 1 aromatic heterocycles. The third-order valence-corrected chi connectivity index (χ3v) is 2.96. The molecule has 0 radical (unpaired) electrons. The van der Waals surface area contributed by atoms with E-state index in [1.54, 1.807) is 6.07 Å². The van der Waals surface area contributed by atoms with Crippen molar-refractivity contribution < 1.29 is 4.74 Å². The molecule has 5 heteroatoms. The molecule has 100 valence electrons. The molecular weight excluding hydrogens is 283 g/mol. The van der Waals surface area contributed by atoms with Gasteiger partial charge in [0.15, 0.2) is 0 Å². The van der Waals surface area contributed by atoms with Crippen molar-refractivity contribution in [3.8, 4) is 11.6 Å². The first kappa shape index (κ1) is 14.0. The molecule has 0 aliphatic carbocycles. The summed E-state index contributed by atoms with van der Waals surface area (Å²) in [5, 5.41) is 4.00. The summed E-state index contributed by atoms with van der Waals surface area (Å²) >= 11 is 12.2. The topological polar surface area (TPSA) is 34.2 Å². The maximum Gasteiger partial charge on any atom is 0.240 e. The highest BCUT2D eigenvalue weighted by atomic mass is 35.5. The zero-order valence-corrected chi connectivity index (χ0v) is 12.0. The van der Waals surface area contributed by atoms with E-state index in [9.17, 15) is 0 Å². The molecule has 0 aliphatic heterocycles. The lowest BCUT2D eigenvalue weighted by molar-refractivity contribution is 0.464. The summed E-state index contributed by atoms with van der Waals surface area (Å²) in [6.07, 6.45) is 0.982. The Morgan fingerprint density at radius 1 is 1.16 bits per heavy atom. The third-order valence-electron chi connectivity index (χ3n) is 2.40. The van der Waals surface area contributed by atoms with Gasteiger partial charge in [-0.1, -0.05) is 48.3 Å². The molecule has 1 heterocycles. The first-order chi connectivity index (χ1) is 9.20. The van der Waals surface area contributed by atoms with Gasteiger partial charge in [-0.3, -0.25) is 0 Å². The van der Waals surface area contributed by atoms with Gasteiger partial charge in [0.2, 0.25) is 5.88 Å². The van der Waals surface area contributed by atoms with Crippen molar-refractivity contribution in [3.63, 3.8) is 0 Å².